The Kier molecular flexibility index (Phi) is 7.99. The largest absolute Gasteiger partial charge is 0.493 e. The quantitative estimate of drug-likeness (QED) is 0.574. The van der Waals surface area contributed by atoms with E-state index in [1.54, 1.807) is 0 Å². The standard InChI is InChI=1S/C16H26OS/c1-14(2)15-10-6-7-11-16(15)17-12-8-4-5-9-13-18-3/h6-7,10-11,14H,4-5,8-9,12-13H2,1-3H3. The van der Waals surface area contributed by atoms with E-state index in [2.05, 4.69) is 44.4 Å². The highest BCUT2D eigenvalue weighted by Crippen LogP contribution is 2.25. The lowest BCUT2D eigenvalue weighted by Gasteiger charge is -2.13. The first-order valence-electron chi connectivity index (χ1n) is 6.96. The third kappa shape index (κ3) is 5.81. The van der Waals surface area contributed by atoms with Gasteiger partial charge in [-0.3, -0.25) is 0 Å². The summed E-state index contributed by atoms with van der Waals surface area (Å²) in [5.74, 6) is 2.89. The van der Waals surface area contributed by atoms with Gasteiger partial charge in [-0.15, -0.1) is 0 Å². The van der Waals surface area contributed by atoms with E-state index in [-0.39, 0.29) is 0 Å². The van der Waals surface area contributed by atoms with Crippen LogP contribution in [0.5, 0.6) is 5.75 Å². The van der Waals surface area contributed by atoms with Crippen molar-refractivity contribution in [2.45, 2.75) is 45.4 Å². The summed E-state index contributed by atoms with van der Waals surface area (Å²) in [5.41, 5.74) is 1.32. The van der Waals surface area contributed by atoms with Crippen molar-refractivity contribution in [1.29, 1.82) is 0 Å². The molecule has 0 atom stereocenters. The summed E-state index contributed by atoms with van der Waals surface area (Å²) in [6, 6.07) is 8.39. The van der Waals surface area contributed by atoms with Crippen LogP contribution in [0.2, 0.25) is 0 Å². The van der Waals surface area contributed by atoms with Gasteiger partial charge in [-0.25, -0.2) is 0 Å². The van der Waals surface area contributed by atoms with Crippen LogP contribution >= 0.6 is 11.8 Å². The van der Waals surface area contributed by atoms with Crippen LogP contribution in [0.15, 0.2) is 24.3 Å². The molecular formula is C16H26OS. The van der Waals surface area contributed by atoms with Crippen LogP contribution in [0, 0.1) is 0 Å². The van der Waals surface area contributed by atoms with Crippen molar-refractivity contribution in [3.63, 3.8) is 0 Å². The number of thioether (sulfide) groups is 1. The van der Waals surface area contributed by atoms with Gasteiger partial charge in [-0.2, -0.15) is 11.8 Å². The van der Waals surface area contributed by atoms with Crippen LogP contribution in [0.1, 0.15) is 51.0 Å². The lowest BCUT2D eigenvalue weighted by atomic mass is 10.0. The van der Waals surface area contributed by atoms with Crippen LogP contribution in [-0.4, -0.2) is 18.6 Å². The van der Waals surface area contributed by atoms with Crippen molar-refractivity contribution in [3.05, 3.63) is 29.8 Å². The summed E-state index contributed by atoms with van der Waals surface area (Å²) in [4.78, 5) is 0. The fourth-order valence-electron chi connectivity index (χ4n) is 1.97. The lowest BCUT2D eigenvalue weighted by Crippen LogP contribution is -2.01. The molecule has 1 aromatic rings. The first kappa shape index (κ1) is 15.4. The van der Waals surface area contributed by atoms with E-state index in [1.165, 1.54) is 37.0 Å². The molecule has 0 aromatic heterocycles. The fraction of sp³-hybridized carbons (Fsp3) is 0.625. The number of hydrogen-bond donors (Lipinski definition) is 0. The summed E-state index contributed by atoms with van der Waals surface area (Å²) in [6.07, 6.45) is 7.29. The van der Waals surface area contributed by atoms with Crippen molar-refractivity contribution in [2.24, 2.45) is 0 Å². The van der Waals surface area contributed by atoms with Gasteiger partial charge in [-0.1, -0.05) is 44.9 Å². The molecule has 2 heteroatoms. The van der Waals surface area contributed by atoms with Crippen LogP contribution in [0.25, 0.3) is 0 Å². The molecule has 0 unspecified atom stereocenters. The van der Waals surface area contributed by atoms with Gasteiger partial charge in [0.1, 0.15) is 5.75 Å². The van der Waals surface area contributed by atoms with E-state index in [4.69, 9.17) is 4.74 Å². The third-order valence-corrected chi connectivity index (χ3v) is 3.74. The smallest absolute Gasteiger partial charge is 0.122 e. The molecule has 0 fully saturated rings. The SMILES string of the molecule is CSCCCCCCOc1ccccc1C(C)C. The Bertz CT molecular complexity index is 323. The minimum atomic E-state index is 0.530. The Balaban J connectivity index is 2.23. The summed E-state index contributed by atoms with van der Waals surface area (Å²) in [5, 5.41) is 0. The predicted octanol–water partition coefficient (Wildman–Crippen LogP) is 5.11. The molecule has 0 amide bonds. The van der Waals surface area contributed by atoms with E-state index < -0.39 is 0 Å². The molecule has 0 bridgehead atoms. The minimum absolute atomic E-state index is 0.530. The van der Waals surface area contributed by atoms with Crippen LogP contribution in [0.4, 0.5) is 0 Å². The van der Waals surface area contributed by atoms with Crippen LogP contribution < -0.4 is 4.74 Å². The van der Waals surface area contributed by atoms with Gasteiger partial charge in [0.15, 0.2) is 0 Å². The molecule has 1 aromatic carbocycles. The number of hydrogen-bond acceptors (Lipinski definition) is 2. The average molecular weight is 266 g/mol. The summed E-state index contributed by atoms with van der Waals surface area (Å²) >= 11 is 1.94. The average Bonchev–Trinajstić information content (AvgIpc) is 2.38. The Morgan fingerprint density at radius 2 is 1.78 bits per heavy atom. The molecule has 0 spiro atoms. The van der Waals surface area contributed by atoms with Gasteiger partial charge in [0.25, 0.3) is 0 Å². The predicted molar refractivity (Wildman–Crippen MR) is 82.9 cm³/mol. The number of para-hydroxylation sites is 1. The molecule has 0 N–H and O–H groups in total. The van der Waals surface area contributed by atoms with E-state index >= 15 is 0 Å². The van der Waals surface area contributed by atoms with E-state index in [0.717, 1.165) is 12.4 Å². The molecule has 1 rings (SSSR count). The summed E-state index contributed by atoms with van der Waals surface area (Å²) < 4.78 is 5.90. The van der Waals surface area contributed by atoms with Crippen LogP contribution in [-0.2, 0) is 0 Å². The fourth-order valence-corrected chi connectivity index (χ4v) is 2.47. The molecule has 0 heterocycles. The number of ether oxygens (including phenoxy) is 1. The minimum Gasteiger partial charge on any atom is -0.493 e. The zero-order chi connectivity index (χ0) is 13.2. The highest BCUT2D eigenvalue weighted by molar-refractivity contribution is 7.98. The monoisotopic (exact) mass is 266 g/mol. The van der Waals surface area contributed by atoms with Gasteiger partial charge >= 0.3 is 0 Å². The maximum absolute atomic E-state index is 5.90. The van der Waals surface area contributed by atoms with Crippen LogP contribution in [0.3, 0.4) is 0 Å². The summed E-state index contributed by atoms with van der Waals surface area (Å²) in [7, 11) is 0. The maximum atomic E-state index is 5.90. The molecule has 0 aliphatic rings. The molecule has 1 nitrogen and oxygen atoms in total. The van der Waals surface area contributed by atoms with E-state index in [1.807, 2.05) is 11.8 Å². The second kappa shape index (κ2) is 9.32. The zero-order valence-electron chi connectivity index (χ0n) is 11.9. The molecule has 102 valence electrons. The Morgan fingerprint density at radius 3 is 2.50 bits per heavy atom. The molecular weight excluding hydrogens is 240 g/mol. The highest BCUT2D eigenvalue weighted by Gasteiger charge is 2.06. The molecule has 0 aliphatic heterocycles. The molecule has 18 heavy (non-hydrogen) atoms. The van der Waals surface area contributed by atoms with Gasteiger partial charge in [0.2, 0.25) is 0 Å². The summed E-state index contributed by atoms with van der Waals surface area (Å²) in [6.45, 7) is 5.28. The normalized spacial score (nSPS) is 10.9. The lowest BCUT2D eigenvalue weighted by molar-refractivity contribution is 0.301. The first-order valence-corrected chi connectivity index (χ1v) is 8.35. The Labute approximate surface area is 116 Å². The molecule has 0 radical (unpaired) electrons. The Morgan fingerprint density at radius 1 is 1.06 bits per heavy atom. The third-order valence-electron chi connectivity index (χ3n) is 3.04. The van der Waals surface area contributed by atoms with Gasteiger partial charge in [0, 0.05) is 0 Å². The van der Waals surface area contributed by atoms with Gasteiger partial charge in [-0.05, 0) is 42.4 Å². The number of benzene rings is 1. The highest BCUT2D eigenvalue weighted by atomic mass is 32.2. The topological polar surface area (TPSA) is 9.23 Å². The number of rotatable bonds is 9. The van der Waals surface area contributed by atoms with Gasteiger partial charge in [0.05, 0.1) is 6.61 Å². The van der Waals surface area contributed by atoms with Crippen molar-refractivity contribution in [3.8, 4) is 5.75 Å². The number of unbranched alkanes of at least 4 members (excludes halogenated alkanes) is 3. The first-order chi connectivity index (χ1) is 8.75. The molecule has 0 saturated carbocycles. The second-order valence-electron chi connectivity index (χ2n) is 4.95. The van der Waals surface area contributed by atoms with Crippen molar-refractivity contribution in [2.75, 3.05) is 18.6 Å². The zero-order valence-corrected chi connectivity index (χ0v) is 12.8. The Hall–Kier alpha value is -0.630. The van der Waals surface area contributed by atoms with Crippen molar-refractivity contribution >= 4 is 11.8 Å². The molecule has 0 aliphatic carbocycles. The second-order valence-corrected chi connectivity index (χ2v) is 5.93. The van der Waals surface area contributed by atoms with Crippen molar-refractivity contribution < 1.29 is 4.74 Å². The van der Waals surface area contributed by atoms with E-state index in [0.29, 0.717) is 5.92 Å². The maximum Gasteiger partial charge on any atom is 0.122 e. The van der Waals surface area contributed by atoms with E-state index in [9.17, 15) is 0 Å². The van der Waals surface area contributed by atoms with Crippen molar-refractivity contribution in [1.82, 2.24) is 0 Å². The van der Waals surface area contributed by atoms with Gasteiger partial charge < -0.3 is 4.74 Å². The molecule has 0 saturated heterocycles.